The van der Waals surface area contributed by atoms with Crippen molar-refractivity contribution in [3.63, 3.8) is 0 Å². The Morgan fingerprint density at radius 3 is 1.80 bits per heavy atom. The van der Waals surface area contributed by atoms with Gasteiger partial charge >= 0.3 is 23.9 Å². The van der Waals surface area contributed by atoms with Crippen molar-refractivity contribution in [1.29, 1.82) is 0 Å². The number of carbonyl (C=O) groups is 4. The van der Waals surface area contributed by atoms with Gasteiger partial charge in [-0.2, -0.15) is 0 Å². The highest BCUT2D eigenvalue weighted by molar-refractivity contribution is 5.90. The number of aliphatic hydroxyl groups is 1. The first-order valence-electron chi connectivity index (χ1n) is 5.39. The topological polar surface area (TPSA) is 125 Å². The fourth-order valence-corrected chi connectivity index (χ4v) is 1.20. The molecule has 0 aliphatic carbocycles. The second-order valence-corrected chi connectivity index (χ2v) is 3.69. The maximum Gasteiger partial charge on any atom is 0.344 e. The van der Waals surface area contributed by atoms with Gasteiger partial charge in [0.25, 0.3) is 0 Å². The van der Waals surface area contributed by atoms with Crippen molar-refractivity contribution >= 4 is 23.9 Å². The molecule has 0 aromatic carbocycles. The molecule has 1 unspecified atom stereocenters. The van der Waals surface area contributed by atoms with Gasteiger partial charge in [-0.1, -0.05) is 0 Å². The minimum atomic E-state index is -2.42. The van der Waals surface area contributed by atoms with Crippen LogP contribution in [0.3, 0.4) is 0 Å². The van der Waals surface area contributed by atoms with E-state index in [1.807, 2.05) is 0 Å². The maximum atomic E-state index is 11.4. The van der Waals surface area contributed by atoms with Gasteiger partial charge in [0.15, 0.2) is 12.2 Å². The van der Waals surface area contributed by atoms with Crippen LogP contribution >= 0.6 is 0 Å². The molecule has 0 heterocycles. The fraction of sp³-hybridized carbons (Fsp3) is 0.636. The van der Waals surface area contributed by atoms with E-state index in [9.17, 15) is 24.3 Å². The zero-order valence-electron chi connectivity index (χ0n) is 11.3. The van der Waals surface area contributed by atoms with Crippen LogP contribution in [-0.2, 0) is 38.1 Å². The summed E-state index contributed by atoms with van der Waals surface area (Å²) < 4.78 is 17.3. The molecule has 0 rings (SSSR count). The van der Waals surface area contributed by atoms with Gasteiger partial charge in [-0.05, 0) is 0 Å². The van der Waals surface area contributed by atoms with Gasteiger partial charge in [0.1, 0.15) is 0 Å². The molecule has 0 aliphatic rings. The molecule has 9 heteroatoms. The molecule has 0 saturated carbocycles. The Kier molecular flexibility index (Phi) is 7.22. The molecule has 0 saturated heterocycles. The van der Waals surface area contributed by atoms with E-state index in [1.54, 1.807) is 0 Å². The zero-order chi connectivity index (χ0) is 15.8. The van der Waals surface area contributed by atoms with Crippen LogP contribution < -0.4 is 0 Å². The van der Waals surface area contributed by atoms with Crippen LogP contribution in [0.25, 0.3) is 0 Å². The molecule has 0 bridgehead atoms. The summed E-state index contributed by atoms with van der Waals surface area (Å²) in [4.78, 5) is 44.7. The number of rotatable bonds is 7. The van der Waals surface area contributed by atoms with E-state index < -0.39 is 48.9 Å². The van der Waals surface area contributed by atoms with Gasteiger partial charge in [-0.25, -0.2) is 9.59 Å². The van der Waals surface area contributed by atoms with E-state index in [-0.39, 0.29) is 0 Å². The molecule has 9 nitrogen and oxygen atoms in total. The molecular formula is C11H16O9. The molecule has 1 atom stereocenters. The number of hydrogen-bond acceptors (Lipinski definition) is 9. The van der Waals surface area contributed by atoms with Crippen molar-refractivity contribution in [2.45, 2.75) is 18.4 Å². The smallest absolute Gasteiger partial charge is 0.344 e. The normalized spacial score (nSPS) is 12.8. The number of hydrogen-bond donors (Lipinski definition) is 1. The quantitative estimate of drug-likeness (QED) is 0.443. The Morgan fingerprint density at radius 2 is 1.35 bits per heavy atom. The highest BCUT2D eigenvalue weighted by Gasteiger charge is 2.42. The maximum absolute atomic E-state index is 11.4. The summed E-state index contributed by atoms with van der Waals surface area (Å²) in [5.41, 5.74) is -2.42. The Morgan fingerprint density at radius 1 is 0.850 bits per heavy atom. The summed E-state index contributed by atoms with van der Waals surface area (Å²) in [6.45, 7) is -0.676. The van der Waals surface area contributed by atoms with Crippen molar-refractivity contribution in [2.75, 3.05) is 27.9 Å². The summed E-state index contributed by atoms with van der Waals surface area (Å²) in [7, 11) is 3.12. The van der Waals surface area contributed by atoms with Crippen molar-refractivity contribution in [3.05, 3.63) is 0 Å². The van der Waals surface area contributed by atoms with Gasteiger partial charge in [0.2, 0.25) is 0 Å². The lowest BCUT2D eigenvalue weighted by molar-refractivity contribution is -0.176. The molecule has 0 amide bonds. The van der Waals surface area contributed by atoms with Crippen LogP contribution in [0.1, 0.15) is 12.8 Å². The molecule has 20 heavy (non-hydrogen) atoms. The average molecular weight is 292 g/mol. The highest BCUT2D eigenvalue weighted by atomic mass is 16.6. The fourth-order valence-electron chi connectivity index (χ4n) is 1.20. The van der Waals surface area contributed by atoms with E-state index in [1.165, 1.54) is 0 Å². The minimum absolute atomic E-state index is 0.676. The highest BCUT2D eigenvalue weighted by Crippen LogP contribution is 2.19. The monoisotopic (exact) mass is 292 g/mol. The standard InChI is InChI=1S/C11H16O9/c1-17-7(12)4-11(16,10(15)19-3)5-8(13)20-6-9(14)18-2/h16H,4-6H2,1-3H3. The van der Waals surface area contributed by atoms with E-state index in [0.29, 0.717) is 0 Å². The van der Waals surface area contributed by atoms with Gasteiger partial charge in [0, 0.05) is 0 Å². The molecule has 1 N–H and O–H groups in total. The second-order valence-electron chi connectivity index (χ2n) is 3.69. The van der Waals surface area contributed by atoms with Crippen molar-refractivity contribution in [2.24, 2.45) is 0 Å². The Hall–Kier alpha value is -2.16. The van der Waals surface area contributed by atoms with Crippen molar-refractivity contribution < 1.29 is 43.2 Å². The molecular weight excluding hydrogens is 276 g/mol. The SMILES string of the molecule is COC(=O)COC(=O)CC(O)(CC(=O)OC)C(=O)OC. The molecule has 114 valence electrons. The Balaban J connectivity index is 4.72. The molecule has 0 spiro atoms. The predicted molar refractivity (Wildman–Crippen MR) is 61.2 cm³/mol. The summed E-state index contributed by atoms with van der Waals surface area (Å²) in [5.74, 6) is -4.00. The third kappa shape index (κ3) is 5.65. The van der Waals surface area contributed by atoms with Gasteiger partial charge in [-0.3, -0.25) is 9.59 Å². The van der Waals surface area contributed by atoms with Gasteiger partial charge in [-0.15, -0.1) is 0 Å². The van der Waals surface area contributed by atoms with Gasteiger partial charge < -0.3 is 24.1 Å². The third-order valence-electron chi connectivity index (χ3n) is 2.25. The van der Waals surface area contributed by atoms with Crippen LogP contribution in [0, 0.1) is 0 Å². The van der Waals surface area contributed by atoms with Crippen LogP contribution in [0.4, 0.5) is 0 Å². The van der Waals surface area contributed by atoms with Crippen LogP contribution in [-0.4, -0.2) is 62.5 Å². The molecule has 0 fully saturated rings. The predicted octanol–water partition coefficient (Wildman–Crippen LogP) is -1.44. The van der Waals surface area contributed by atoms with E-state index in [2.05, 4.69) is 18.9 Å². The van der Waals surface area contributed by atoms with Crippen LogP contribution in [0.2, 0.25) is 0 Å². The minimum Gasteiger partial charge on any atom is -0.469 e. The Bertz CT molecular complexity index is 389. The first-order valence-corrected chi connectivity index (χ1v) is 5.39. The molecule has 0 aliphatic heterocycles. The number of esters is 4. The lowest BCUT2D eigenvalue weighted by Crippen LogP contribution is -2.44. The third-order valence-corrected chi connectivity index (χ3v) is 2.25. The van der Waals surface area contributed by atoms with Gasteiger partial charge in [0.05, 0.1) is 34.2 Å². The van der Waals surface area contributed by atoms with E-state index in [0.717, 1.165) is 21.3 Å². The summed E-state index contributed by atoms with van der Waals surface area (Å²) in [6, 6.07) is 0. The summed E-state index contributed by atoms with van der Waals surface area (Å²) in [6.07, 6.45) is -1.66. The van der Waals surface area contributed by atoms with E-state index in [4.69, 9.17) is 0 Å². The number of carbonyl (C=O) groups excluding carboxylic acids is 4. The number of ether oxygens (including phenoxy) is 4. The average Bonchev–Trinajstić information content (AvgIpc) is 2.43. The molecule has 0 aromatic heterocycles. The van der Waals surface area contributed by atoms with Crippen LogP contribution in [0.5, 0.6) is 0 Å². The van der Waals surface area contributed by atoms with E-state index >= 15 is 0 Å². The lowest BCUT2D eigenvalue weighted by Gasteiger charge is -2.22. The number of methoxy groups -OCH3 is 3. The first kappa shape index (κ1) is 17.8. The summed E-state index contributed by atoms with van der Waals surface area (Å²) >= 11 is 0. The second kappa shape index (κ2) is 8.10. The summed E-state index contributed by atoms with van der Waals surface area (Å²) in [5, 5.41) is 9.98. The molecule has 0 radical (unpaired) electrons. The van der Waals surface area contributed by atoms with Crippen molar-refractivity contribution in [1.82, 2.24) is 0 Å². The molecule has 0 aromatic rings. The largest absolute Gasteiger partial charge is 0.469 e. The zero-order valence-corrected chi connectivity index (χ0v) is 11.3. The Labute approximate surface area is 114 Å². The van der Waals surface area contributed by atoms with Crippen LogP contribution in [0.15, 0.2) is 0 Å². The van der Waals surface area contributed by atoms with Crippen molar-refractivity contribution in [3.8, 4) is 0 Å². The lowest BCUT2D eigenvalue weighted by atomic mass is 9.96. The first-order chi connectivity index (χ1) is 9.28.